The second-order valence-corrected chi connectivity index (χ2v) is 3.25. The molecule has 0 atom stereocenters. The summed E-state index contributed by atoms with van der Waals surface area (Å²) in [6.07, 6.45) is 0.804. The van der Waals surface area contributed by atoms with E-state index in [1.807, 2.05) is 30.3 Å². The Morgan fingerprint density at radius 2 is 1.92 bits per heavy atom. The maximum absolute atomic E-state index is 10.5. The molecule has 0 amide bonds. The zero-order valence-electron chi connectivity index (χ0n) is 6.83. The first-order chi connectivity index (χ1) is 6.31. The van der Waals surface area contributed by atoms with Crippen molar-refractivity contribution >= 4 is 28.7 Å². The van der Waals surface area contributed by atoms with Crippen molar-refractivity contribution in [3.05, 3.63) is 47.0 Å². The lowest BCUT2D eigenvalue weighted by atomic mass is 10.1. The summed E-state index contributed by atoms with van der Waals surface area (Å²) in [5.41, 5.74) is 0.615. The molecule has 0 saturated carbocycles. The monoisotopic (exact) mass is 190 g/mol. The van der Waals surface area contributed by atoms with E-state index in [0.717, 1.165) is 17.1 Å². The van der Waals surface area contributed by atoms with Crippen LogP contribution in [0.4, 0.5) is 0 Å². The Morgan fingerprint density at radius 3 is 2.69 bits per heavy atom. The lowest BCUT2D eigenvalue weighted by Gasteiger charge is -2.00. The second-order valence-electron chi connectivity index (χ2n) is 2.84. The van der Waals surface area contributed by atoms with E-state index in [0.29, 0.717) is 10.6 Å². The number of aldehydes is 1. The Labute approximate surface area is 80.9 Å². The van der Waals surface area contributed by atoms with Crippen LogP contribution >= 0.6 is 11.6 Å². The molecule has 0 bridgehead atoms. The second kappa shape index (κ2) is 3.19. The average Bonchev–Trinajstić information content (AvgIpc) is 2.18. The highest BCUT2D eigenvalue weighted by atomic mass is 35.5. The van der Waals surface area contributed by atoms with Crippen molar-refractivity contribution in [2.45, 2.75) is 0 Å². The summed E-state index contributed by atoms with van der Waals surface area (Å²) in [6, 6.07) is 11.2. The van der Waals surface area contributed by atoms with Crippen molar-refractivity contribution in [2.24, 2.45) is 0 Å². The van der Waals surface area contributed by atoms with Gasteiger partial charge in [0.15, 0.2) is 0 Å². The van der Waals surface area contributed by atoms with E-state index < -0.39 is 0 Å². The molecule has 0 unspecified atom stereocenters. The van der Waals surface area contributed by atoms with Crippen LogP contribution in [0.3, 0.4) is 0 Å². The fourth-order valence-electron chi connectivity index (χ4n) is 1.35. The van der Waals surface area contributed by atoms with Crippen LogP contribution < -0.4 is 0 Å². The van der Waals surface area contributed by atoms with Crippen molar-refractivity contribution in [1.82, 2.24) is 0 Å². The van der Waals surface area contributed by atoms with E-state index in [1.54, 1.807) is 6.07 Å². The molecule has 0 aliphatic carbocycles. The Hall–Kier alpha value is -1.34. The highest BCUT2D eigenvalue weighted by molar-refractivity contribution is 6.35. The van der Waals surface area contributed by atoms with Crippen molar-refractivity contribution in [2.75, 3.05) is 0 Å². The van der Waals surface area contributed by atoms with Gasteiger partial charge in [0, 0.05) is 16.0 Å². The normalized spacial score (nSPS) is 10.2. The standard InChI is InChI=1S/C11H7ClO/c12-11-6-8(7-13)5-9-3-1-2-4-10(9)11/h1-7H. The minimum Gasteiger partial charge on any atom is -0.298 e. The van der Waals surface area contributed by atoms with Gasteiger partial charge in [-0.3, -0.25) is 4.79 Å². The lowest BCUT2D eigenvalue weighted by Crippen LogP contribution is -1.81. The van der Waals surface area contributed by atoms with E-state index in [-0.39, 0.29) is 0 Å². The number of hydrogen-bond acceptors (Lipinski definition) is 1. The molecule has 0 heterocycles. The number of hydrogen-bond donors (Lipinski definition) is 0. The van der Waals surface area contributed by atoms with E-state index >= 15 is 0 Å². The zero-order valence-corrected chi connectivity index (χ0v) is 7.58. The fourth-order valence-corrected chi connectivity index (χ4v) is 1.65. The first kappa shape index (κ1) is 8.27. The predicted molar refractivity (Wildman–Crippen MR) is 54.3 cm³/mol. The summed E-state index contributed by atoms with van der Waals surface area (Å²) in [7, 11) is 0. The molecule has 2 aromatic rings. The third-order valence-electron chi connectivity index (χ3n) is 1.97. The third kappa shape index (κ3) is 1.43. The molecule has 1 nitrogen and oxygen atoms in total. The highest BCUT2D eigenvalue weighted by Gasteiger charge is 2.00. The van der Waals surface area contributed by atoms with Gasteiger partial charge in [-0.1, -0.05) is 35.9 Å². The van der Waals surface area contributed by atoms with Gasteiger partial charge in [0.1, 0.15) is 6.29 Å². The molecular formula is C11H7ClO. The van der Waals surface area contributed by atoms with Gasteiger partial charge in [-0.15, -0.1) is 0 Å². The topological polar surface area (TPSA) is 17.1 Å². The van der Waals surface area contributed by atoms with Crippen LogP contribution in [-0.4, -0.2) is 6.29 Å². The van der Waals surface area contributed by atoms with Crippen LogP contribution in [0, 0.1) is 0 Å². The molecule has 0 saturated heterocycles. The minimum atomic E-state index is 0.615. The molecular weight excluding hydrogens is 184 g/mol. The quantitative estimate of drug-likeness (QED) is 0.631. The average molecular weight is 191 g/mol. The summed E-state index contributed by atoms with van der Waals surface area (Å²) >= 11 is 5.98. The van der Waals surface area contributed by atoms with Gasteiger partial charge in [0.25, 0.3) is 0 Å². The molecule has 13 heavy (non-hydrogen) atoms. The first-order valence-corrected chi connectivity index (χ1v) is 4.32. The molecule has 0 fully saturated rings. The summed E-state index contributed by atoms with van der Waals surface area (Å²) in [5, 5.41) is 2.60. The van der Waals surface area contributed by atoms with E-state index in [9.17, 15) is 4.79 Å². The van der Waals surface area contributed by atoms with Gasteiger partial charge >= 0.3 is 0 Å². The number of carbonyl (C=O) groups excluding carboxylic acids is 1. The maximum Gasteiger partial charge on any atom is 0.150 e. The van der Waals surface area contributed by atoms with Crippen LogP contribution in [0.25, 0.3) is 10.8 Å². The molecule has 0 radical (unpaired) electrons. The number of carbonyl (C=O) groups is 1. The third-order valence-corrected chi connectivity index (χ3v) is 2.28. The van der Waals surface area contributed by atoms with Gasteiger partial charge in [-0.05, 0) is 17.5 Å². The molecule has 64 valence electrons. The largest absolute Gasteiger partial charge is 0.298 e. The Balaban J connectivity index is 2.84. The number of fused-ring (bicyclic) bond motifs is 1. The van der Waals surface area contributed by atoms with E-state index in [2.05, 4.69) is 0 Å². The summed E-state index contributed by atoms with van der Waals surface area (Å²) in [4.78, 5) is 10.5. The van der Waals surface area contributed by atoms with Crippen LogP contribution in [0.2, 0.25) is 5.02 Å². The first-order valence-electron chi connectivity index (χ1n) is 3.95. The van der Waals surface area contributed by atoms with Gasteiger partial charge in [0.2, 0.25) is 0 Å². The van der Waals surface area contributed by atoms with E-state index in [1.165, 1.54) is 0 Å². The van der Waals surface area contributed by atoms with Crippen molar-refractivity contribution < 1.29 is 4.79 Å². The molecule has 0 aliphatic heterocycles. The van der Waals surface area contributed by atoms with Crippen LogP contribution in [0.1, 0.15) is 10.4 Å². The van der Waals surface area contributed by atoms with Gasteiger partial charge < -0.3 is 0 Å². The predicted octanol–water partition coefficient (Wildman–Crippen LogP) is 3.31. The smallest absolute Gasteiger partial charge is 0.150 e. The summed E-state index contributed by atoms with van der Waals surface area (Å²) in [5.74, 6) is 0. The van der Waals surface area contributed by atoms with Gasteiger partial charge in [0.05, 0.1) is 0 Å². The molecule has 0 spiro atoms. The minimum absolute atomic E-state index is 0.615. The molecule has 2 heteroatoms. The number of rotatable bonds is 1. The molecule has 0 aromatic heterocycles. The lowest BCUT2D eigenvalue weighted by molar-refractivity contribution is 0.112. The highest BCUT2D eigenvalue weighted by Crippen LogP contribution is 2.24. The Morgan fingerprint density at radius 1 is 1.15 bits per heavy atom. The number of halogens is 1. The number of benzene rings is 2. The Kier molecular flexibility index (Phi) is 2.03. The molecule has 0 aliphatic rings. The molecule has 2 aromatic carbocycles. The van der Waals surface area contributed by atoms with Crippen molar-refractivity contribution in [3.63, 3.8) is 0 Å². The van der Waals surface area contributed by atoms with Crippen molar-refractivity contribution in [3.8, 4) is 0 Å². The van der Waals surface area contributed by atoms with Crippen LogP contribution in [0.15, 0.2) is 36.4 Å². The molecule has 0 N–H and O–H groups in total. The fraction of sp³-hybridized carbons (Fsp3) is 0. The molecule has 2 rings (SSSR count). The van der Waals surface area contributed by atoms with Crippen LogP contribution in [-0.2, 0) is 0 Å². The van der Waals surface area contributed by atoms with Crippen LogP contribution in [0.5, 0.6) is 0 Å². The summed E-state index contributed by atoms with van der Waals surface area (Å²) in [6.45, 7) is 0. The van der Waals surface area contributed by atoms with Crippen molar-refractivity contribution in [1.29, 1.82) is 0 Å². The summed E-state index contributed by atoms with van der Waals surface area (Å²) < 4.78 is 0. The zero-order chi connectivity index (χ0) is 9.26. The maximum atomic E-state index is 10.5. The van der Waals surface area contributed by atoms with Gasteiger partial charge in [-0.25, -0.2) is 0 Å². The van der Waals surface area contributed by atoms with E-state index in [4.69, 9.17) is 11.6 Å². The SMILES string of the molecule is O=Cc1cc(Cl)c2ccccc2c1. The van der Waals surface area contributed by atoms with Gasteiger partial charge in [-0.2, -0.15) is 0 Å². The Bertz CT molecular complexity index is 463.